The van der Waals surface area contributed by atoms with E-state index in [2.05, 4.69) is 10.3 Å². The number of nitrogens with one attached hydrogen (secondary N) is 1. The van der Waals surface area contributed by atoms with E-state index in [9.17, 15) is 4.79 Å². The molecular weight excluding hydrogens is 308 g/mol. The highest BCUT2D eigenvalue weighted by molar-refractivity contribution is 6.34. The van der Waals surface area contributed by atoms with Crippen LogP contribution in [0.15, 0.2) is 90.9 Å². The SMILES string of the molecule is O=C1N/C(=C\c2ccncc2)C(c2ccccc2)=C1c1ccccc1. The lowest BCUT2D eigenvalue weighted by molar-refractivity contribution is -0.114. The zero-order chi connectivity index (χ0) is 17.1. The Bertz CT molecular complexity index is 959. The molecule has 1 N–H and O–H groups in total. The number of rotatable bonds is 3. The van der Waals surface area contributed by atoms with E-state index < -0.39 is 0 Å². The van der Waals surface area contributed by atoms with Crippen LogP contribution in [0.5, 0.6) is 0 Å². The van der Waals surface area contributed by atoms with Crippen LogP contribution in [0.2, 0.25) is 0 Å². The van der Waals surface area contributed by atoms with Crippen LogP contribution in [0.1, 0.15) is 16.7 Å². The molecule has 3 heteroatoms. The number of pyridine rings is 1. The predicted octanol–water partition coefficient (Wildman–Crippen LogP) is 4.16. The number of hydrogen-bond donors (Lipinski definition) is 1. The van der Waals surface area contributed by atoms with Crippen LogP contribution in [0.3, 0.4) is 0 Å². The summed E-state index contributed by atoms with van der Waals surface area (Å²) in [7, 11) is 0. The van der Waals surface area contributed by atoms with E-state index in [1.54, 1.807) is 12.4 Å². The third-order valence-electron chi connectivity index (χ3n) is 4.14. The second-order valence-corrected chi connectivity index (χ2v) is 5.77. The zero-order valence-corrected chi connectivity index (χ0v) is 13.5. The van der Waals surface area contributed by atoms with Crippen LogP contribution in [0.4, 0.5) is 0 Å². The highest BCUT2D eigenvalue weighted by atomic mass is 16.2. The quantitative estimate of drug-likeness (QED) is 0.786. The largest absolute Gasteiger partial charge is 0.321 e. The van der Waals surface area contributed by atoms with Crippen molar-refractivity contribution >= 4 is 23.1 Å². The first-order valence-electron chi connectivity index (χ1n) is 8.11. The summed E-state index contributed by atoms with van der Waals surface area (Å²) in [5, 5.41) is 3.03. The molecule has 0 unspecified atom stereocenters. The summed E-state index contributed by atoms with van der Waals surface area (Å²) in [6.07, 6.45) is 5.47. The number of aromatic nitrogens is 1. The maximum absolute atomic E-state index is 12.7. The highest BCUT2D eigenvalue weighted by Gasteiger charge is 2.29. The monoisotopic (exact) mass is 324 g/mol. The Kier molecular flexibility index (Phi) is 3.97. The third-order valence-corrected chi connectivity index (χ3v) is 4.14. The lowest BCUT2D eigenvalue weighted by Crippen LogP contribution is -2.15. The first kappa shape index (κ1) is 15.1. The van der Waals surface area contributed by atoms with Crippen LogP contribution in [-0.4, -0.2) is 10.9 Å². The molecule has 1 aromatic heterocycles. The van der Waals surface area contributed by atoms with Crippen LogP contribution >= 0.6 is 0 Å². The van der Waals surface area contributed by atoms with Crippen molar-refractivity contribution in [1.82, 2.24) is 10.3 Å². The number of nitrogens with zero attached hydrogens (tertiary/aromatic N) is 1. The maximum Gasteiger partial charge on any atom is 0.256 e. The summed E-state index contributed by atoms with van der Waals surface area (Å²) in [6, 6.07) is 23.6. The van der Waals surface area contributed by atoms with E-state index in [1.807, 2.05) is 78.9 Å². The molecule has 0 aliphatic carbocycles. The van der Waals surface area contributed by atoms with Crippen molar-refractivity contribution in [2.45, 2.75) is 0 Å². The molecule has 0 saturated carbocycles. The van der Waals surface area contributed by atoms with E-state index >= 15 is 0 Å². The van der Waals surface area contributed by atoms with Gasteiger partial charge in [0.2, 0.25) is 0 Å². The first-order chi connectivity index (χ1) is 12.3. The second kappa shape index (κ2) is 6.57. The Morgan fingerprint density at radius 1 is 0.720 bits per heavy atom. The molecule has 1 amide bonds. The summed E-state index contributed by atoms with van der Waals surface area (Å²) in [5.74, 6) is -0.0784. The Balaban J connectivity index is 1.93. The van der Waals surface area contributed by atoms with Gasteiger partial charge in [-0.1, -0.05) is 60.7 Å². The van der Waals surface area contributed by atoms with Gasteiger partial charge in [0, 0.05) is 18.0 Å². The van der Waals surface area contributed by atoms with Gasteiger partial charge in [0.1, 0.15) is 0 Å². The average molecular weight is 324 g/mol. The van der Waals surface area contributed by atoms with Gasteiger partial charge in [-0.2, -0.15) is 0 Å². The molecule has 0 atom stereocenters. The Labute approximate surface area is 146 Å². The van der Waals surface area contributed by atoms with Gasteiger partial charge in [0.15, 0.2) is 0 Å². The number of allylic oxidation sites excluding steroid dienone is 1. The summed E-state index contributed by atoms with van der Waals surface area (Å²) >= 11 is 0. The van der Waals surface area contributed by atoms with E-state index in [1.165, 1.54) is 0 Å². The fourth-order valence-electron chi connectivity index (χ4n) is 3.02. The molecule has 2 heterocycles. The number of benzene rings is 2. The van der Waals surface area contributed by atoms with Crippen molar-refractivity contribution in [3.8, 4) is 0 Å². The fourth-order valence-corrected chi connectivity index (χ4v) is 3.02. The van der Waals surface area contributed by atoms with Crippen LogP contribution in [0, 0.1) is 0 Å². The smallest absolute Gasteiger partial charge is 0.256 e. The van der Waals surface area contributed by atoms with Gasteiger partial charge in [-0.05, 0) is 34.9 Å². The number of carbonyl (C=O) groups is 1. The minimum atomic E-state index is -0.0784. The van der Waals surface area contributed by atoms with Gasteiger partial charge in [-0.25, -0.2) is 0 Å². The minimum Gasteiger partial charge on any atom is -0.321 e. The van der Waals surface area contributed by atoms with Gasteiger partial charge < -0.3 is 5.32 Å². The molecule has 0 spiro atoms. The normalized spacial score (nSPS) is 15.5. The molecular formula is C22H16N2O. The van der Waals surface area contributed by atoms with Gasteiger partial charge in [-0.3, -0.25) is 9.78 Å². The summed E-state index contributed by atoms with van der Waals surface area (Å²) < 4.78 is 0. The third kappa shape index (κ3) is 3.00. The lowest BCUT2D eigenvalue weighted by Gasteiger charge is -2.08. The molecule has 0 bridgehead atoms. The molecule has 2 aromatic carbocycles. The highest BCUT2D eigenvalue weighted by Crippen LogP contribution is 2.36. The molecule has 1 aliphatic heterocycles. The van der Waals surface area contributed by atoms with E-state index in [-0.39, 0.29) is 5.91 Å². The molecule has 0 radical (unpaired) electrons. The van der Waals surface area contributed by atoms with Gasteiger partial charge >= 0.3 is 0 Å². The number of amides is 1. The van der Waals surface area contributed by atoms with Gasteiger partial charge in [-0.15, -0.1) is 0 Å². The van der Waals surface area contributed by atoms with E-state index in [0.717, 1.165) is 28.0 Å². The lowest BCUT2D eigenvalue weighted by atomic mass is 9.94. The maximum atomic E-state index is 12.7. The van der Waals surface area contributed by atoms with E-state index in [4.69, 9.17) is 0 Å². The van der Waals surface area contributed by atoms with Crippen molar-refractivity contribution in [3.63, 3.8) is 0 Å². The van der Waals surface area contributed by atoms with Crippen LogP contribution < -0.4 is 5.32 Å². The standard InChI is InChI=1S/C22H16N2O/c25-22-21(18-9-5-2-6-10-18)20(17-7-3-1-4-8-17)19(24-22)15-16-11-13-23-14-12-16/h1-15H,(H,24,25)/b19-15-. The minimum absolute atomic E-state index is 0.0784. The van der Waals surface area contributed by atoms with Crippen molar-refractivity contribution in [3.05, 3.63) is 108 Å². The number of hydrogen-bond acceptors (Lipinski definition) is 2. The summed E-state index contributed by atoms with van der Waals surface area (Å²) in [5.41, 5.74) is 5.35. The first-order valence-corrected chi connectivity index (χ1v) is 8.11. The van der Waals surface area contributed by atoms with Crippen molar-refractivity contribution < 1.29 is 4.79 Å². The molecule has 0 fully saturated rings. The predicted molar refractivity (Wildman–Crippen MR) is 100 cm³/mol. The van der Waals surface area contributed by atoms with E-state index in [0.29, 0.717) is 5.57 Å². The van der Waals surface area contributed by atoms with Crippen LogP contribution in [0.25, 0.3) is 17.2 Å². The van der Waals surface area contributed by atoms with Crippen molar-refractivity contribution in [2.24, 2.45) is 0 Å². The topological polar surface area (TPSA) is 42.0 Å². The second-order valence-electron chi connectivity index (χ2n) is 5.77. The molecule has 0 saturated heterocycles. The molecule has 3 aromatic rings. The van der Waals surface area contributed by atoms with Crippen LogP contribution in [-0.2, 0) is 4.79 Å². The fraction of sp³-hybridized carbons (Fsp3) is 0. The van der Waals surface area contributed by atoms with Crippen molar-refractivity contribution in [1.29, 1.82) is 0 Å². The molecule has 120 valence electrons. The van der Waals surface area contributed by atoms with Gasteiger partial charge in [0.05, 0.1) is 11.3 Å². The zero-order valence-electron chi connectivity index (χ0n) is 13.5. The Morgan fingerprint density at radius 2 is 1.28 bits per heavy atom. The Morgan fingerprint density at radius 3 is 1.88 bits per heavy atom. The van der Waals surface area contributed by atoms with Crippen molar-refractivity contribution in [2.75, 3.05) is 0 Å². The molecule has 25 heavy (non-hydrogen) atoms. The average Bonchev–Trinajstić information content (AvgIpc) is 2.99. The summed E-state index contributed by atoms with van der Waals surface area (Å²) in [6.45, 7) is 0. The van der Waals surface area contributed by atoms with Gasteiger partial charge in [0.25, 0.3) is 5.91 Å². The molecule has 4 rings (SSSR count). The number of carbonyl (C=O) groups excluding carboxylic acids is 1. The summed E-state index contributed by atoms with van der Waals surface area (Å²) in [4.78, 5) is 16.8. The molecule has 3 nitrogen and oxygen atoms in total. The molecule has 1 aliphatic rings. The Hall–Kier alpha value is -3.46.